The number of thioether (sulfide) groups is 1. The molecule has 1 heterocycles. The van der Waals surface area contributed by atoms with Crippen molar-refractivity contribution in [2.75, 3.05) is 5.75 Å². The van der Waals surface area contributed by atoms with Crippen molar-refractivity contribution in [3.63, 3.8) is 0 Å². The van der Waals surface area contributed by atoms with Crippen molar-refractivity contribution in [2.24, 2.45) is 11.5 Å². The van der Waals surface area contributed by atoms with Gasteiger partial charge in [-0.3, -0.25) is 9.89 Å². The second-order valence-electron chi connectivity index (χ2n) is 3.52. The van der Waals surface area contributed by atoms with E-state index in [4.69, 9.17) is 11.5 Å². The number of amides is 1. The molecular formula is C8H15N5OS. The molecule has 6 nitrogen and oxygen atoms in total. The zero-order chi connectivity index (χ0) is 11.3. The minimum absolute atomic E-state index is 0.466. The first kappa shape index (κ1) is 12.0. The van der Waals surface area contributed by atoms with Crippen molar-refractivity contribution in [1.82, 2.24) is 15.2 Å². The maximum absolute atomic E-state index is 10.9. The first-order valence-corrected chi connectivity index (χ1v) is 5.58. The highest BCUT2D eigenvalue weighted by molar-refractivity contribution is 7.99. The minimum Gasteiger partial charge on any atom is -0.368 e. The van der Waals surface area contributed by atoms with Crippen molar-refractivity contribution >= 4 is 17.7 Å². The number of H-pyrrole nitrogens is 1. The van der Waals surface area contributed by atoms with E-state index >= 15 is 0 Å². The number of hydrogen-bond donors (Lipinski definition) is 3. The molecular weight excluding hydrogens is 214 g/mol. The Morgan fingerprint density at radius 1 is 1.73 bits per heavy atom. The van der Waals surface area contributed by atoms with Crippen molar-refractivity contribution in [2.45, 2.75) is 30.5 Å². The van der Waals surface area contributed by atoms with Crippen LogP contribution in [-0.4, -0.2) is 32.4 Å². The van der Waals surface area contributed by atoms with Crippen LogP contribution in [-0.2, 0) is 4.79 Å². The zero-order valence-electron chi connectivity index (χ0n) is 8.56. The standard InChI is InChI=1S/C8H15N5OS/c1-8(10,6(9)14)3-2-4-15-7-11-5-12-13-7/h5H,2-4,10H2,1H3,(H2,9,14)(H,11,12,13). The van der Waals surface area contributed by atoms with E-state index in [0.717, 1.165) is 17.3 Å². The summed E-state index contributed by atoms with van der Waals surface area (Å²) in [5.41, 5.74) is 9.93. The third-order valence-corrected chi connectivity index (χ3v) is 3.00. The van der Waals surface area contributed by atoms with Crippen LogP contribution in [0.5, 0.6) is 0 Å². The van der Waals surface area contributed by atoms with E-state index in [1.165, 1.54) is 6.33 Å². The summed E-state index contributed by atoms with van der Waals surface area (Å²) in [5, 5.41) is 7.23. The Morgan fingerprint density at radius 2 is 2.47 bits per heavy atom. The van der Waals surface area contributed by atoms with Crippen molar-refractivity contribution < 1.29 is 4.79 Å². The molecule has 0 aromatic carbocycles. The molecule has 0 aliphatic heterocycles. The maximum Gasteiger partial charge on any atom is 0.237 e. The van der Waals surface area contributed by atoms with Crippen molar-refractivity contribution in [1.29, 1.82) is 0 Å². The van der Waals surface area contributed by atoms with Crippen LogP contribution < -0.4 is 11.5 Å². The first-order chi connectivity index (χ1) is 7.02. The van der Waals surface area contributed by atoms with E-state index in [2.05, 4.69) is 15.2 Å². The summed E-state index contributed by atoms with van der Waals surface area (Å²) in [5.74, 6) is 0.363. The molecule has 1 aromatic heterocycles. The Morgan fingerprint density at radius 3 is 3.00 bits per heavy atom. The number of carbonyl (C=O) groups excluding carboxylic acids is 1. The lowest BCUT2D eigenvalue weighted by Gasteiger charge is -2.19. The number of rotatable bonds is 6. The molecule has 1 atom stereocenters. The monoisotopic (exact) mass is 229 g/mol. The third-order valence-electron chi connectivity index (χ3n) is 2.04. The van der Waals surface area contributed by atoms with Gasteiger partial charge < -0.3 is 11.5 Å². The molecule has 0 spiro atoms. The quantitative estimate of drug-likeness (QED) is 0.465. The Kier molecular flexibility index (Phi) is 4.10. The van der Waals surface area contributed by atoms with Gasteiger partial charge in [-0.1, -0.05) is 11.8 Å². The minimum atomic E-state index is -0.915. The van der Waals surface area contributed by atoms with Crippen LogP contribution in [0.1, 0.15) is 19.8 Å². The van der Waals surface area contributed by atoms with Gasteiger partial charge in [0.2, 0.25) is 5.91 Å². The number of nitrogens with two attached hydrogens (primary N) is 2. The van der Waals surface area contributed by atoms with Crippen LogP contribution in [0.2, 0.25) is 0 Å². The molecule has 84 valence electrons. The summed E-state index contributed by atoms with van der Waals surface area (Å²) in [7, 11) is 0. The van der Waals surface area contributed by atoms with Crippen LogP contribution in [0.3, 0.4) is 0 Å². The summed E-state index contributed by atoms with van der Waals surface area (Å²) in [6.07, 6.45) is 2.84. The first-order valence-electron chi connectivity index (χ1n) is 4.59. The van der Waals surface area contributed by atoms with Gasteiger partial charge in [-0.25, -0.2) is 4.98 Å². The van der Waals surface area contributed by atoms with E-state index in [9.17, 15) is 4.79 Å². The molecule has 15 heavy (non-hydrogen) atoms. The molecule has 0 saturated heterocycles. The molecule has 7 heteroatoms. The van der Waals surface area contributed by atoms with Gasteiger partial charge in [-0.05, 0) is 19.8 Å². The average molecular weight is 229 g/mol. The smallest absolute Gasteiger partial charge is 0.237 e. The molecule has 5 N–H and O–H groups in total. The SMILES string of the molecule is CC(N)(CCCSc1ncn[nH]1)C(N)=O. The highest BCUT2D eigenvalue weighted by Crippen LogP contribution is 2.16. The van der Waals surface area contributed by atoms with Gasteiger partial charge in [-0.2, -0.15) is 5.10 Å². The largest absolute Gasteiger partial charge is 0.368 e. The third kappa shape index (κ3) is 3.88. The van der Waals surface area contributed by atoms with E-state index in [-0.39, 0.29) is 0 Å². The molecule has 0 radical (unpaired) electrons. The summed E-state index contributed by atoms with van der Waals surface area (Å²) < 4.78 is 0. The molecule has 1 aromatic rings. The second-order valence-corrected chi connectivity index (χ2v) is 4.61. The predicted octanol–water partition coefficient (Wildman–Crippen LogP) is -0.120. The van der Waals surface area contributed by atoms with Crippen LogP contribution >= 0.6 is 11.8 Å². The number of primary amides is 1. The summed E-state index contributed by atoms with van der Waals surface area (Å²) >= 11 is 1.54. The molecule has 0 bridgehead atoms. The van der Waals surface area contributed by atoms with E-state index in [1.807, 2.05) is 0 Å². The average Bonchev–Trinajstić information content (AvgIpc) is 2.64. The number of aromatic nitrogens is 3. The fourth-order valence-electron chi connectivity index (χ4n) is 0.995. The molecule has 1 amide bonds. The normalized spacial score (nSPS) is 14.8. The lowest BCUT2D eigenvalue weighted by molar-refractivity contribution is -0.122. The van der Waals surface area contributed by atoms with Gasteiger partial charge in [0.25, 0.3) is 0 Å². The van der Waals surface area contributed by atoms with Crippen molar-refractivity contribution in [3.8, 4) is 0 Å². The molecule has 0 aliphatic carbocycles. The molecule has 0 aliphatic rings. The Balaban J connectivity index is 2.19. The zero-order valence-corrected chi connectivity index (χ0v) is 9.38. The van der Waals surface area contributed by atoms with Gasteiger partial charge in [0.05, 0.1) is 5.54 Å². The molecule has 1 unspecified atom stereocenters. The van der Waals surface area contributed by atoms with Crippen LogP contribution in [0, 0.1) is 0 Å². The van der Waals surface area contributed by atoms with Crippen LogP contribution in [0.15, 0.2) is 11.5 Å². The number of nitrogens with one attached hydrogen (secondary N) is 1. The Labute approximate surface area is 92.2 Å². The van der Waals surface area contributed by atoms with E-state index < -0.39 is 11.4 Å². The van der Waals surface area contributed by atoms with Gasteiger partial charge in [0, 0.05) is 5.75 Å². The van der Waals surface area contributed by atoms with Gasteiger partial charge in [0.1, 0.15) is 6.33 Å². The fraction of sp³-hybridized carbons (Fsp3) is 0.625. The Bertz CT molecular complexity index is 311. The Hall–Kier alpha value is -1.08. The summed E-state index contributed by atoms with van der Waals surface area (Å²) in [4.78, 5) is 14.9. The number of aromatic amines is 1. The topological polar surface area (TPSA) is 111 Å². The van der Waals surface area contributed by atoms with E-state index in [0.29, 0.717) is 6.42 Å². The highest BCUT2D eigenvalue weighted by atomic mass is 32.2. The number of nitrogens with zero attached hydrogens (tertiary/aromatic N) is 2. The van der Waals surface area contributed by atoms with Gasteiger partial charge >= 0.3 is 0 Å². The van der Waals surface area contributed by atoms with Crippen LogP contribution in [0.4, 0.5) is 0 Å². The van der Waals surface area contributed by atoms with E-state index in [1.54, 1.807) is 18.7 Å². The highest BCUT2D eigenvalue weighted by Gasteiger charge is 2.24. The lowest BCUT2D eigenvalue weighted by Crippen LogP contribution is -2.49. The summed E-state index contributed by atoms with van der Waals surface area (Å²) in [6.45, 7) is 1.65. The van der Waals surface area contributed by atoms with Gasteiger partial charge in [0.15, 0.2) is 5.16 Å². The number of hydrogen-bond acceptors (Lipinski definition) is 5. The van der Waals surface area contributed by atoms with Crippen molar-refractivity contribution in [3.05, 3.63) is 6.33 Å². The van der Waals surface area contributed by atoms with Crippen LogP contribution in [0.25, 0.3) is 0 Å². The van der Waals surface area contributed by atoms with Gasteiger partial charge in [-0.15, -0.1) is 0 Å². The lowest BCUT2D eigenvalue weighted by atomic mass is 9.97. The number of carbonyl (C=O) groups is 1. The molecule has 0 fully saturated rings. The molecule has 1 rings (SSSR count). The second kappa shape index (κ2) is 5.13. The summed E-state index contributed by atoms with van der Waals surface area (Å²) in [6, 6.07) is 0. The predicted molar refractivity (Wildman–Crippen MR) is 58.1 cm³/mol. The maximum atomic E-state index is 10.9. The fourth-order valence-corrected chi connectivity index (χ4v) is 1.72. The molecule has 0 saturated carbocycles.